The van der Waals surface area contributed by atoms with Gasteiger partial charge in [-0.1, -0.05) is 80.1 Å². The van der Waals surface area contributed by atoms with Crippen molar-refractivity contribution < 1.29 is 82.9 Å². The molecule has 0 aromatic carbocycles. The molecule has 0 saturated heterocycles. The molecule has 0 radical (unpaired) electrons. The third kappa shape index (κ3) is 25.3. The fraction of sp³-hybridized carbons (Fsp3) is 0.769. The molecule has 0 amide bonds. The first-order chi connectivity index (χ1) is 27.8. The number of hydrogen-bond acceptors (Lipinski definition) is 18. The SMILES string of the molecule is CCCCOC(OCCCC)C(=O)CC(=O)C(=O)[O][Al]([O]C(=O)C(=O)CC(=O)C(OCCCC)OCCCC)[O]C(=O)C(=O)CC(=O)C(OCCCC)OCCCC. The van der Waals surface area contributed by atoms with E-state index in [1.54, 1.807) is 0 Å². The second kappa shape index (κ2) is 34.6. The number of rotatable bonds is 39. The quantitative estimate of drug-likeness (QED) is 0.0279. The number of carbonyl (C=O) groups excluding carboxylic acids is 9. The van der Waals surface area contributed by atoms with Crippen molar-refractivity contribution in [1.82, 2.24) is 0 Å². The largest absolute Gasteiger partial charge is 1.20 e. The van der Waals surface area contributed by atoms with Crippen LogP contribution in [0, 0.1) is 0 Å². The van der Waals surface area contributed by atoms with E-state index in [4.69, 9.17) is 39.8 Å². The van der Waals surface area contributed by atoms with Gasteiger partial charge in [0.05, 0.1) is 58.9 Å². The van der Waals surface area contributed by atoms with Gasteiger partial charge in [0.1, 0.15) is 0 Å². The lowest BCUT2D eigenvalue weighted by Gasteiger charge is -2.18. The molecule has 0 bridgehead atoms. The molecule has 18 nitrogen and oxygen atoms in total. The number of Topliss-reactive ketones (excluding diaryl/α,β-unsaturated/α-hetero) is 6. The van der Waals surface area contributed by atoms with E-state index in [-0.39, 0.29) is 39.6 Å². The van der Waals surface area contributed by atoms with E-state index in [9.17, 15) is 43.2 Å². The Morgan fingerprint density at radius 2 is 0.534 bits per heavy atom. The highest BCUT2D eigenvalue weighted by atomic mass is 27.3. The van der Waals surface area contributed by atoms with E-state index in [1.807, 2.05) is 41.5 Å². The van der Waals surface area contributed by atoms with Crippen LogP contribution in [0.3, 0.4) is 0 Å². The Bertz CT molecular complexity index is 1100. The van der Waals surface area contributed by atoms with Crippen LogP contribution in [0.1, 0.15) is 138 Å². The standard InChI is InChI=1S/3C13H22O6.Al/c3*1-3-5-7-18-13(19-8-6-4-2)11(15)9-10(14)12(16)17;/h3*13H,3-9H2,1-2H3,(H,16,17);/q;;;+3/p-3. The molecule has 0 aliphatic heterocycles. The number of unbranched alkanes of at least 4 members (excludes halogenated alkanes) is 6. The molecular weight excluding hydrogens is 783 g/mol. The number of ketones is 6. The van der Waals surface area contributed by atoms with Gasteiger partial charge in [-0.3, -0.25) is 28.8 Å². The van der Waals surface area contributed by atoms with E-state index in [2.05, 4.69) is 0 Å². The maximum absolute atomic E-state index is 12.9. The zero-order valence-electron chi connectivity index (χ0n) is 35.0. The van der Waals surface area contributed by atoms with Crippen molar-refractivity contribution in [2.45, 2.75) is 157 Å². The summed E-state index contributed by atoms with van der Waals surface area (Å²) in [5.41, 5.74) is 0. The van der Waals surface area contributed by atoms with Gasteiger partial charge in [-0.05, 0) is 38.5 Å². The molecule has 0 saturated carbocycles. The predicted molar refractivity (Wildman–Crippen MR) is 204 cm³/mol. The zero-order chi connectivity index (χ0) is 43.7. The lowest BCUT2D eigenvalue weighted by atomic mass is 10.2. The van der Waals surface area contributed by atoms with Crippen LogP contribution < -0.4 is 0 Å². The van der Waals surface area contributed by atoms with E-state index in [0.717, 1.165) is 38.5 Å². The van der Waals surface area contributed by atoms with Crippen molar-refractivity contribution in [3.05, 3.63) is 0 Å². The van der Waals surface area contributed by atoms with Gasteiger partial charge in [0.15, 0.2) is 17.3 Å². The third-order valence-corrected chi connectivity index (χ3v) is 8.91. The van der Waals surface area contributed by atoms with Crippen molar-refractivity contribution in [2.24, 2.45) is 0 Å². The Balaban J connectivity index is 6.10. The van der Waals surface area contributed by atoms with Crippen LogP contribution in [-0.4, -0.2) is 126 Å². The fourth-order valence-electron chi connectivity index (χ4n) is 4.18. The minimum Gasteiger partial charge on any atom is -0.545 e. The summed E-state index contributed by atoms with van der Waals surface area (Å²) in [5, 5.41) is 0. The molecule has 0 fully saturated rings. The van der Waals surface area contributed by atoms with Gasteiger partial charge < -0.3 is 39.8 Å². The highest BCUT2D eigenvalue weighted by Gasteiger charge is 2.52. The van der Waals surface area contributed by atoms with Crippen molar-refractivity contribution in [3.8, 4) is 0 Å². The van der Waals surface area contributed by atoms with Crippen molar-refractivity contribution in [1.29, 1.82) is 0 Å². The summed E-state index contributed by atoms with van der Waals surface area (Å²) < 4.78 is 47.2. The minimum atomic E-state index is -4.65. The van der Waals surface area contributed by atoms with Crippen LogP contribution in [0.2, 0.25) is 0 Å². The maximum atomic E-state index is 12.9. The molecule has 58 heavy (non-hydrogen) atoms. The van der Waals surface area contributed by atoms with Gasteiger partial charge >= 0.3 is 33.1 Å². The second-order valence-corrected chi connectivity index (χ2v) is 14.3. The number of ether oxygens (including phenoxy) is 6. The van der Waals surface area contributed by atoms with Gasteiger partial charge in [-0.15, -0.1) is 0 Å². The van der Waals surface area contributed by atoms with Gasteiger partial charge in [0.2, 0.25) is 36.2 Å². The molecule has 330 valence electrons. The van der Waals surface area contributed by atoms with Gasteiger partial charge in [-0.25, -0.2) is 14.4 Å². The average molecular weight is 847 g/mol. The van der Waals surface area contributed by atoms with Gasteiger partial charge in [-0.2, -0.15) is 0 Å². The molecule has 0 aromatic heterocycles. The van der Waals surface area contributed by atoms with E-state index >= 15 is 0 Å². The molecule has 0 N–H and O–H groups in total. The van der Waals surface area contributed by atoms with E-state index in [1.165, 1.54) is 0 Å². The van der Waals surface area contributed by atoms with Crippen LogP contribution in [0.25, 0.3) is 0 Å². The Labute approximate surface area is 346 Å². The topological polar surface area (TPSA) is 237 Å². The molecule has 19 heteroatoms. The molecular formula is C39H63AlO18. The minimum absolute atomic E-state index is 0.124. The van der Waals surface area contributed by atoms with Crippen LogP contribution in [-0.2, 0) is 82.9 Å². The lowest BCUT2D eigenvalue weighted by Crippen LogP contribution is -2.42. The van der Waals surface area contributed by atoms with Crippen LogP contribution in [0.5, 0.6) is 0 Å². The summed E-state index contributed by atoms with van der Waals surface area (Å²) >= 11 is -4.65. The summed E-state index contributed by atoms with van der Waals surface area (Å²) in [6, 6.07) is 0. The summed E-state index contributed by atoms with van der Waals surface area (Å²) in [4.78, 5) is 116. The third-order valence-electron chi connectivity index (χ3n) is 7.69. The molecule has 0 aliphatic carbocycles. The van der Waals surface area contributed by atoms with Gasteiger partial charge in [0, 0.05) is 0 Å². The molecule has 0 unspecified atom stereocenters. The molecule has 0 aromatic rings. The number of hydrogen-bond donors (Lipinski definition) is 0. The molecule has 0 rings (SSSR count). The maximum Gasteiger partial charge on any atom is 1.20 e. The first kappa shape index (κ1) is 54.7. The van der Waals surface area contributed by atoms with Crippen LogP contribution in [0.15, 0.2) is 0 Å². The number of carbonyl (C=O) groups is 9. The monoisotopic (exact) mass is 846 g/mol. The Morgan fingerprint density at radius 3 is 0.707 bits per heavy atom. The molecule has 0 atom stereocenters. The highest BCUT2D eigenvalue weighted by Crippen LogP contribution is 2.11. The molecule has 0 heterocycles. The zero-order valence-corrected chi connectivity index (χ0v) is 36.2. The Kier molecular flexibility index (Phi) is 32.6. The fourth-order valence-corrected chi connectivity index (χ4v) is 5.25. The smallest absolute Gasteiger partial charge is 0.545 e. The summed E-state index contributed by atoms with van der Waals surface area (Å²) in [7, 11) is 0. The summed E-state index contributed by atoms with van der Waals surface area (Å²) in [6.07, 6.45) is 0.126. The van der Waals surface area contributed by atoms with E-state index < -0.39 is 106 Å². The highest BCUT2D eigenvalue weighted by molar-refractivity contribution is 6.56. The average Bonchev–Trinajstić information content (AvgIpc) is 3.18. The summed E-state index contributed by atoms with van der Waals surface area (Å²) in [5.74, 6) is -12.7. The van der Waals surface area contributed by atoms with Gasteiger partial charge in [0.25, 0.3) is 0 Å². The molecule has 0 spiro atoms. The van der Waals surface area contributed by atoms with Crippen molar-refractivity contribution >= 4 is 67.8 Å². The van der Waals surface area contributed by atoms with Crippen molar-refractivity contribution in [3.63, 3.8) is 0 Å². The molecule has 0 aliphatic rings. The Hall–Kier alpha value is -3.28. The first-order valence-corrected chi connectivity index (χ1v) is 21.7. The normalized spacial score (nSPS) is 11.1. The van der Waals surface area contributed by atoms with Crippen LogP contribution in [0.4, 0.5) is 0 Å². The Morgan fingerprint density at radius 1 is 0.345 bits per heavy atom. The second-order valence-electron chi connectivity index (χ2n) is 13.0. The first-order valence-electron chi connectivity index (χ1n) is 20.3. The predicted octanol–water partition coefficient (Wildman–Crippen LogP) is 4.06. The van der Waals surface area contributed by atoms with E-state index in [0.29, 0.717) is 38.5 Å². The van der Waals surface area contributed by atoms with Crippen LogP contribution >= 0.6 is 0 Å². The van der Waals surface area contributed by atoms with Crippen molar-refractivity contribution in [2.75, 3.05) is 39.6 Å². The lowest BCUT2D eigenvalue weighted by molar-refractivity contribution is -0.173. The summed E-state index contributed by atoms with van der Waals surface area (Å²) in [6.45, 7) is 12.1.